The van der Waals surface area contributed by atoms with E-state index in [0.717, 1.165) is 43.1 Å². The number of nitrogens with one attached hydrogen (secondary N) is 1. The maximum absolute atomic E-state index is 13.2. The average molecular weight is 435 g/mol. The number of halogens is 1. The van der Waals surface area contributed by atoms with Gasteiger partial charge in [-0.3, -0.25) is 9.69 Å². The molecule has 0 bridgehead atoms. The normalized spacial score (nSPS) is 15.6. The van der Waals surface area contributed by atoms with Crippen molar-refractivity contribution in [1.82, 2.24) is 15.2 Å². The molecule has 1 aromatic heterocycles. The van der Waals surface area contributed by atoms with Crippen LogP contribution in [0.1, 0.15) is 24.1 Å². The van der Waals surface area contributed by atoms with Crippen LogP contribution in [0.15, 0.2) is 79.0 Å². The molecule has 0 aliphatic carbocycles. The number of piperazine rings is 1. The molecule has 2 heterocycles. The predicted molar refractivity (Wildman–Crippen MR) is 125 cm³/mol. The number of carbonyl (C=O) groups excluding carboxylic acids is 1. The largest absolute Gasteiger partial charge is 0.354 e. The van der Waals surface area contributed by atoms with Gasteiger partial charge in [-0.1, -0.05) is 72.3 Å². The monoisotopic (exact) mass is 434 g/mol. The molecule has 1 N–H and O–H groups in total. The van der Waals surface area contributed by atoms with Gasteiger partial charge in [0.1, 0.15) is 5.82 Å². The number of carbonyl (C=O) groups is 1. The summed E-state index contributed by atoms with van der Waals surface area (Å²) in [6, 6.07) is 23.6. The van der Waals surface area contributed by atoms with E-state index in [-0.39, 0.29) is 18.0 Å². The smallest absolute Gasteiger partial charge is 0.237 e. The molecule has 0 spiro atoms. The maximum atomic E-state index is 13.2. The minimum Gasteiger partial charge on any atom is -0.354 e. The number of benzene rings is 2. The fourth-order valence-corrected chi connectivity index (χ4v) is 4.08. The van der Waals surface area contributed by atoms with Crippen LogP contribution < -0.4 is 10.2 Å². The van der Waals surface area contributed by atoms with E-state index in [2.05, 4.69) is 44.4 Å². The Bertz CT molecular complexity index is 934. The fourth-order valence-electron chi connectivity index (χ4n) is 3.97. The van der Waals surface area contributed by atoms with Gasteiger partial charge in [0.2, 0.25) is 5.91 Å². The molecular weight excluding hydrogens is 408 g/mol. The highest BCUT2D eigenvalue weighted by atomic mass is 35.5. The lowest BCUT2D eigenvalue weighted by Gasteiger charge is -2.38. The molecule has 1 aliphatic heterocycles. The van der Waals surface area contributed by atoms with Crippen LogP contribution in [0.25, 0.3) is 0 Å². The minimum atomic E-state index is -0.213. The van der Waals surface area contributed by atoms with Crippen molar-refractivity contribution in [3.63, 3.8) is 0 Å². The highest BCUT2D eigenvalue weighted by Crippen LogP contribution is 2.23. The lowest BCUT2D eigenvalue weighted by Crippen LogP contribution is -2.54. The minimum absolute atomic E-state index is 0.0378. The van der Waals surface area contributed by atoms with Crippen LogP contribution in [0, 0.1) is 0 Å². The van der Waals surface area contributed by atoms with Gasteiger partial charge in [0.15, 0.2) is 0 Å². The Labute approximate surface area is 188 Å². The Balaban J connectivity index is 1.41. The third-order valence-electron chi connectivity index (χ3n) is 5.83. The first-order chi connectivity index (χ1) is 15.1. The van der Waals surface area contributed by atoms with Gasteiger partial charge < -0.3 is 10.2 Å². The molecule has 3 aromatic rings. The average Bonchev–Trinajstić information content (AvgIpc) is 2.83. The van der Waals surface area contributed by atoms with Gasteiger partial charge in [0, 0.05) is 32.4 Å². The highest BCUT2D eigenvalue weighted by molar-refractivity contribution is 6.30. The van der Waals surface area contributed by atoms with Gasteiger partial charge >= 0.3 is 0 Å². The van der Waals surface area contributed by atoms with Gasteiger partial charge in [0.25, 0.3) is 0 Å². The van der Waals surface area contributed by atoms with E-state index in [1.807, 2.05) is 55.5 Å². The molecule has 6 heteroatoms. The molecule has 1 fully saturated rings. The second-order valence-electron chi connectivity index (χ2n) is 7.80. The number of pyridine rings is 1. The first-order valence-electron chi connectivity index (χ1n) is 10.6. The van der Waals surface area contributed by atoms with E-state index in [1.54, 1.807) is 6.20 Å². The van der Waals surface area contributed by atoms with E-state index in [9.17, 15) is 4.79 Å². The van der Waals surface area contributed by atoms with E-state index in [1.165, 1.54) is 0 Å². The highest BCUT2D eigenvalue weighted by Gasteiger charge is 2.28. The molecule has 2 aromatic carbocycles. The van der Waals surface area contributed by atoms with Crippen molar-refractivity contribution in [2.45, 2.75) is 19.0 Å². The number of hydrogen-bond donors (Lipinski definition) is 1. The Morgan fingerprint density at radius 2 is 1.48 bits per heavy atom. The first kappa shape index (κ1) is 21.3. The molecule has 1 aliphatic rings. The topological polar surface area (TPSA) is 48.5 Å². The molecule has 1 saturated heterocycles. The Morgan fingerprint density at radius 3 is 2.00 bits per heavy atom. The molecule has 31 heavy (non-hydrogen) atoms. The summed E-state index contributed by atoms with van der Waals surface area (Å²) in [7, 11) is 0. The molecule has 160 valence electrons. The van der Waals surface area contributed by atoms with Crippen molar-refractivity contribution in [2.24, 2.45) is 0 Å². The van der Waals surface area contributed by atoms with Crippen LogP contribution in [0.5, 0.6) is 0 Å². The molecule has 5 nitrogen and oxygen atoms in total. The van der Waals surface area contributed by atoms with Gasteiger partial charge in [0.05, 0.1) is 17.1 Å². The third kappa shape index (κ3) is 5.24. The van der Waals surface area contributed by atoms with Crippen LogP contribution >= 0.6 is 11.6 Å². The number of amides is 1. The van der Waals surface area contributed by atoms with Crippen molar-refractivity contribution in [3.8, 4) is 0 Å². The second-order valence-corrected chi connectivity index (χ2v) is 8.23. The number of hydrogen-bond acceptors (Lipinski definition) is 4. The third-order valence-corrected chi connectivity index (χ3v) is 6.05. The summed E-state index contributed by atoms with van der Waals surface area (Å²) in [6.45, 7) is 5.25. The summed E-state index contributed by atoms with van der Waals surface area (Å²) in [4.78, 5) is 22.1. The van der Waals surface area contributed by atoms with E-state index >= 15 is 0 Å². The van der Waals surface area contributed by atoms with Crippen molar-refractivity contribution in [2.75, 3.05) is 31.1 Å². The number of nitrogens with zero attached hydrogens (tertiary/aromatic N) is 3. The lowest BCUT2D eigenvalue weighted by molar-refractivity contribution is -0.126. The van der Waals surface area contributed by atoms with E-state index in [4.69, 9.17) is 11.6 Å². The van der Waals surface area contributed by atoms with Crippen LogP contribution in [-0.4, -0.2) is 48.0 Å². The zero-order chi connectivity index (χ0) is 21.6. The Kier molecular flexibility index (Phi) is 6.85. The quantitative estimate of drug-likeness (QED) is 0.633. The maximum Gasteiger partial charge on any atom is 0.237 e. The molecule has 1 unspecified atom stereocenters. The van der Waals surface area contributed by atoms with E-state index < -0.39 is 0 Å². The lowest BCUT2D eigenvalue weighted by atomic mass is 9.98. The molecular formula is C25H27ClN4O. The van der Waals surface area contributed by atoms with Gasteiger partial charge in [-0.15, -0.1) is 0 Å². The van der Waals surface area contributed by atoms with Crippen LogP contribution in [0.3, 0.4) is 0 Å². The molecule has 0 radical (unpaired) electrons. The fraction of sp³-hybridized carbons (Fsp3) is 0.280. The van der Waals surface area contributed by atoms with Crippen molar-refractivity contribution >= 4 is 23.3 Å². The number of anilines is 1. The van der Waals surface area contributed by atoms with Crippen LogP contribution in [0.2, 0.25) is 5.02 Å². The van der Waals surface area contributed by atoms with Gasteiger partial charge in [-0.05, 0) is 30.2 Å². The summed E-state index contributed by atoms with van der Waals surface area (Å²) >= 11 is 5.95. The molecule has 0 saturated carbocycles. The Hall–Kier alpha value is -2.89. The van der Waals surface area contributed by atoms with Crippen LogP contribution in [-0.2, 0) is 4.79 Å². The van der Waals surface area contributed by atoms with Crippen molar-refractivity contribution in [3.05, 3.63) is 95.1 Å². The van der Waals surface area contributed by atoms with Gasteiger partial charge in [-0.2, -0.15) is 0 Å². The zero-order valence-electron chi connectivity index (χ0n) is 17.6. The summed E-state index contributed by atoms with van der Waals surface area (Å²) < 4.78 is 0. The Morgan fingerprint density at radius 1 is 0.903 bits per heavy atom. The SMILES string of the molecule is CC(C(=O)NC(c1ccccc1)c1ccccc1)N1CCN(c2ccc(Cl)cn2)CC1. The number of aromatic nitrogens is 1. The first-order valence-corrected chi connectivity index (χ1v) is 11.0. The molecule has 1 amide bonds. The standard InChI is InChI=1S/C25H27ClN4O/c1-19(29-14-16-30(17-15-29)23-13-12-22(26)18-27-23)25(31)28-24(20-8-4-2-5-9-20)21-10-6-3-7-11-21/h2-13,18-19,24H,14-17H2,1H3,(H,28,31). The predicted octanol–water partition coefficient (Wildman–Crippen LogP) is 4.15. The van der Waals surface area contributed by atoms with E-state index in [0.29, 0.717) is 5.02 Å². The number of rotatable bonds is 6. The molecule has 4 rings (SSSR count). The molecule has 1 atom stereocenters. The van der Waals surface area contributed by atoms with Crippen LogP contribution in [0.4, 0.5) is 5.82 Å². The summed E-state index contributed by atoms with van der Waals surface area (Å²) in [5.74, 6) is 0.963. The zero-order valence-corrected chi connectivity index (χ0v) is 18.4. The van der Waals surface area contributed by atoms with Gasteiger partial charge in [-0.25, -0.2) is 4.98 Å². The second kappa shape index (κ2) is 9.94. The van der Waals surface area contributed by atoms with Crippen molar-refractivity contribution in [1.29, 1.82) is 0 Å². The summed E-state index contributed by atoms with van der Waals surface area (Å²) in [5, 5.41) is 3.91. The van der Waals surface area contributed by atoms with Crippen molar-refractivity contribution < 1.29 is 4.79 Å². The summed E-state index contributed by atoms with van der Waals surface area (Å²) in [5.41, 5.74) is 2.15. The summed E-state index contributed by atoms with van der Waals surface area (Å²) in [6.07, 6.45) is 1.67.